The molecule has 0 aromatic heterocycles. The zero-order chi connectivity index (χ0) is 8.97. The lowest BCUT2D eigenvalue weighted by Crippen LogP contribution is -2.35. The van der Waals surface area contributed by atoms with Crippen LogP contribution in [-0.2, 0) is 4.79 Å². The van der Waals surface area contributed by atoms with Gasteiger partial charge in [0.2, 0.25) is 5.91 Å². The lowest BCUT2D eigenvalue weighted by molar-refractivity contribution is -0.124. The summed E-state index contributed by atoms with van der Waals surface area (Å²) in [7, 11) is 0. The average molecular weight is 190 g/mol. The molecule has 1 atom stereocenters. The van der Waals surface area contributed by atoms with Crippen molar-refractivity contribution in [2.45, 2.75) is 26.2 Å². The summed E-state index contributed by atoms with van der Waals surface area (Å²) in [5.74, 6) is 1.19. The van der Waals surface area contributed by atoms with E-state index >= 15 is 0 Å². The van der Waals surface area contributed by atoms with Gasteiger partial charge in [0.1, 0.15) is 0 Å². The fraction of sp³-hybridized carbons (Fsp3) is 0.889. The molecule has 2 nitrogen and oxygen atoms in total. The van der Waals surface area contributed by atoms with Crippen LogP contribution in [0.1, 0.15) is 26.2 Å². The van der Waals surface area contributed by atoms with Gasteiger partial charge in [-0.25, -0.2) is 0 Å². The molecule has 12 heavy (non-hydrogen) atoms. The van der Waals surface area contributed by atoms with E-state index in [9.17, 15) is 4.79 Å². The highest BCUT2D eigenvalue weighted by molar-refractivity contribution is 6.19. The summed E-state index contributed by atoms with van der Waals surface area (Å²) in [6.07, 6.45) is 3.87. The van der Waals surface area contributed by atoms with Crippen LogP contribution in [0.5, 0.6) is 0 Å². The number of nitrogens with one attached hydrogen (secondary N) is 1. The lowest BCUT2D eigenvalue weighted by atomic mass is 9.85. The number of hydrogen-bond donors (Lipinski definition) is 1. The first-order chi connectivity index (χ1) is 5.74. The highest BCUT2D eigenvalue weighted by atomic mass is 35.5. The third-order valence-corrected chi connectivity index (χ3v) is 2.93. The Morgan fingerprint density at radius 3 is 2.75 bits per heavy atom. The van der Waals surface area contributed by atoms with Gasteiger partial charge >= 0.3 is 0 Å². The van der Waals surface area contributed by atoms with Crippen molar-refractivity contribution >= 4 is 17.5 Å². The molecule has 1 rings (SSSR count). The summed E-state index contributed by atoms with van der Waals surface area (Å²) >= 11 is 5.55. The minimum Gasteiger partial charge on any atom is -0.356 e. The molecule has 1 aliphatic carbocycles. The maximum absolute atomic E-state index is 11.2. The van der Waals surface area contributed by atoms with Crippen molar-refractivity contribution in [3.63, 3.8) is 0 Å². The number of halogens is 1. The Balaban J connectivity index is 2.08. The molecule has 0 saturated heterocycles. The molecule has 1 unspecified atom stereocenters. The first-order valence-electron chi connectivity index (χ1n) is 4.57. The van der Waals surface area contributed by atoms with Crippen molar-refractivity contribution in [3.8, 4) is 0 Å². The Labute approximate surface area is 78.7 Å². The Morgan fingerprint density at radius 1 is 1.67 bits per heavy atom. The van der Waals surface area contributed by atoms with Crippen LogP contribution in [0.4, 0.5) is 0 Å². The summed E-state index contributed by atoms with van der Waals surface area (Å²) in [6.45, 7) is 2.70. The van der Waals surface area contributed by atoms with Crippen molar-refractivity contribution < 1.29 is 4.79 Å². The van der Waals surface area contributed by atoms with Crippen LogP contribution in [0, 0.1) is 11.8 Å². The molecule has 1 saturated carbocycles. The molecule has 0 aromatic carbocycles. The van der Waals surface area contributed by atoms with Gasteiger partial charge in [-0.3, -0.25) is 4.79 Å². The van der Waals surface area contributed by atoms with E-state index in [2.05, 4.69) is 5.32 Å². The number of amides is 1. The number of carbonyl (C=O) groups is 1. The van der Waals surface area contributed by atoms with E-state index < -0.39 is 0 Å². The predicted molar refractivity (Wildman–Crippen MR) is 50.2 cm³/mol. The normalized spacial score (nSPS) is 19.8. The van der Waals surface area contributed by atoms with Crippen molar-refractivity contribution in [2.75, 3.05) is 12.4 Å². The van der Waals surface area contributed by atoms with Gasteiger partial charge in [-0.15, -0.1) is 11.6 Å². The zero-order valence-electron chi connectivity index (χ0n) is 7.48. The van der Waals surface area contributed by atoms with Crippen LogP contribution in [0.15, 0.2) is 0 Å². The molecular formula is C9H16ClNO. The van der Waals surface area contributed by atoms with Gasteiger partial charge in [0.15, 0.2) is 0 Å². The van der Waals surface area contributed by atoms with Gasteiger partial charge in [0.25, 0.3) is 0 Å². The second-order valence-corrected chi connectivity index (χ2v) is 3.91. The molecular weight excluding hydrogens is 174 g/mol. The molecule has 0 aromatic rings. The minimum atomic E-state index is -0.0493. The summed E-state index contributed by atoms with van der Waals surface area (Å²) < 4.78 is 0. The van der Waals surface area contributed by atoms with E-state index in [1.54, 1.807) is 0 Å². The molecule has 1 fully saturated rings. The van der Waals surface area contributed by atoms with E-state index in [1.165, 1.54) is 19.3 Å². The SMILES string of the molecule is CC(CCl)C(=O)NCC1CCC1. The molecule has 0 aliphatic heterocycles. The number of hydrogen-bond acceptors (Lipinski definition) is 1. The molecule has 0 heterocycles. The largest absolute Gasteiger partial charge is 0.356 e. The van der Waals surface area contributed by atoms with Gasteiger partial charge in [0.05, 0.1) is 0 Å². The van der Waals surface area contributed by atoms with E-state index in [0.29, 0.717) is 5.88 Å². The standard InChI is InChI=1S/C9H16ClNO/c1-7(5-10)9(12)11-6-8-3-2-4-8/h7-8H,2-6H2,1H3,(H,11,12). The smallest absolute Gasteiger partial charge is 0.224 e. The summed E-state index contributed by atoms with van der Waals surface area (Å²) in [5, 5.41) is 2.91. The number of rotatable bonds is 4. The topological polar surface area (TPSA) is 29.1 Å². The maximum Gasteiger partial charge on any atom is 0.224 e. The number of carbonyl (C=O) groups excluding carboxylic acids is 1. The second kappa shape index (κ2) is 4.70. The average Bonchev–Trinajstić information content (AvgIpc) is 2.00. The summed E-state index contributed by atoms with van der Waals surface area (Å²) in [4.78, 5) is 11.2. The molecule has 1 aliphatic rings. The second-order valence-electron chi connectivity index (χ2n) is 3.60. The maximum atomic E-state index is 11.2. The monoisotopic (exact) mass is 189 g/mol. The van der Waals surface area contributed by atoms with Crippen molar-refractivity contribution in [3.05, 3.63) is 0 Å². The van der Waals surface area contributed by atoms with Crippen LogP contribution in [-0.4, -0.2) is 18.3 Å². The highest BCUT2D eigenvalue weighted by Crippen LogP contribution is 2.25. The summed E-state index contributed by atoms with van der Waals surface area (Å²) in [6, 6.07) is 0. The van der Waals surface area contributed by atoms with Crippen LogP contribution in [0.3, 0.4) is 0 Å². The third kappa shape index (κ3) is 2.67. The van der Waals surface area contributed by atoms with Crippen molar-refractivity contribution in [1.29, 1.82) is 0 Å². The van der Waals surface area contributed by atoms with Gasteiger partial charge < -0.3 is 5.32 Å². The van der Waals surface area contributed by atoms with Crippen LogP contribution < -0.4 is 5.32 Å². The van der Waals surface area contributed by atoms with Gasteiger partial charge in [0, 0.05) is 18.3 Å². The predicted octanol–water partition coefficient (Wildman–Crippen LogP) is 1.78. The zero-order valence-corrected chi connectivity index (χ0v) is 8.23. The molecule has 70 valence electrons. The van der Waals surface area contributed by atoms with Gasteiger partial charge in [-0.05, 0) is 18.8 Å². The fourth-order valence-corrected chi connectivity index (χ4v) is 1.33. The molecule has 0 radical (unpaired) electrons. The van der Waals surface area contributed by atoms with Crippen LogP contribution in [0.25, 0.3) is 0 Å². The molecule has 3 heteroatoms. The first kappa shape index (κ1) is 9.85. The van der Waals surface area contributed by atoms with Crippen molar-refractivity contribution in [2.24, 2.45) is 11.8 Å². The van der Waals surface area contributed by atoms with E-state index in [1.807, 2.05) is 6.92 Å². The fourth-order valence-electron chi connectivity index (χ4n) is 1.19. The van der Waals surface area contributed by atoms with Gasteiger partial charge in [-0.2, -0.15) is 0 Å². The lowest BCUT2D eigenvalue weighted by Gasteiger charge is -2.25. The van der Waals surface area contributed by atoms with E-state index in [4.69, 9.17) is 11.6 Å². The third-order valence-electron chi connectivity index (χ3n) is 2.47. The molecule has 1 N–H and O–H groups in total. The molecule has 0 spiro atoms. The highest BCUT2D eigenvalue weighted by Gasteiger charge is 2.19. The van der Waals surface area contributed by atoms with Gasteiger partial charge in [-0.1, -0.05) is 13.3 Å². The van der Waals surface area contributed by atoms with Crippen molar-refractivity contribution in [1.82, 2.24) is 5.32 Å². The van der Waals surface area contributed by atoms with E-state index in [-0.39, 0.29) is 11.8 Å². The quantitative estimate of drug-likeness (QED) is 0.672. The molecule has 0 bridgehead atoms. The summed E-state index contributed by atoms with van der Waals surface area (Å²) in [5.41, 5.74) is 0. The minimum absolute atomic E-state index is 0.0493. The molecule has 1 amide bonds. The Hall–Kier alpha value is -0.240. The Bertz CT molecular complexity index is 157. The Morgan fingerprint density at radius 2 is 2.33 bits per heavy atom. The van der Waals surface area contributed by atoms with Crippen LogP contribution in [0.2, 0.25) is 0 Å². The first-order valence-corrected chi connectivity index (χ1v) is 5.11. The number of alkyl halides is 1. The Kier molecular flexibility index (Phi) is 3.86. The van der Waals surface area contributed by atoms with E-state index in [0.717, 1.165) is 12.5 Å². The van der Waals surface area contributed by atoms with Crippen LogP contribution >= 0.6 is 11.6 Å².